The minimum absolute atomic E-state index is 0.0394. The van der Waals surface area contributed by atoms with Gasteiger partial charge in [-0.1, -0.05) is 172 Å². The van der Waals surface area contributed by atoms with Gasteiger partial charge in [0.05, 0.1) is 12.0 Å². The summed E-state index contributed by atoms with van der Waals surface area (Å²) in [5.74, 6) is 0.809. The van der Waals surface area contributed by atoms with Crippen LogP contribution < -0.4 is 10.4 Å². The van der Waals surface area contributed by atoms with Crippen LogP contribution in [0, 0.1) is 5.92 Å². The summed E-state index contributed by atoms with van der Waals surface area (Å²) in [5.41, 5.74) is 4.21. The molecule has 2 atom stereocenters. The van der Waals surface area contributed by atoms with Crippen LogP contribution in [0.4, 0.5) is 0 Å². The van der Waals surface area contributed by atoms with Gasteiger partial charge in [0.15, 0.2) is 0 Å². The third-order valence-electron chi connectivity index (χ3n) is 9.80. The Bertz CT molecular complexity index is 1710. The molecule has 0 unspecified atom stereocenters. The van der Waals surface area contributed by atoms with E-state index in [1.165, 1.54) is 27.1 Å². The standard InChI is InChI=1S/C42H42N2OSi/c1-41(2,3)46(37-25-15-7-16-26-37,38-27-17-8-18-28-38)45-31-33-29-39(33)40-30-44(32-43-40)42(34-19-9-4-10-20-34,35-21-11-5-12-22-35)36-23-13-6-14-24-36/h4-28,30,32-33,39H,29,31H2,1-3H3/t33-,39+/m0/s1. The minimum Gasteiger partial charge on any atom is -0.407 e. The van der Waals surface area contributed by atoms with E-state index in [4.69, 9.17) is 9.41 Å². The van der Waals surface area contributed by atoms with Gasteiger partial charge in [-0.05, 0) is 44.4 Å². The highest BCUT2D eigenvalue weighted by atomic mass is 28.4. The van der Waals surface area contributed by atoms with Gasteiger partial charge in [0.25, 0.3) is 8.32 Å². The number of hydrogen-bond acceptors (Lipinski definition) is 2. The Morgan fingerprint density at radius 3 is 1.46 bits per heavy atom. The van der Waals surface area contributed by atoms with Crippen molar-refractivity contribution in [2.45, 2.75) is 43.7 Å². The average molecular weight is 619 g/mol. The number of benzene rings is 5. The Morgan fingerprint density at radius 1 is 0.630 bits per heavy atom. The first kappa shape index (κ1) is 30.2. The quantitative estimate of drug-likeness (QED) is 0.114. The molecule has 7 rings (SSSR count). The molecule has 6 aromatic rings. The molecule has 5 aromatic carbocycles. The Morgan fingerprint density at radius 2 is 1.04 bits per heavy atom. The van der Waals surface area contributed by atoms with Crippen LogP contribution in [0.3, 0.4) is 0 Å². The SMILES string of the molecule is CC(C)(C)[Si](OC[C@@H]1C[C@H]1c1cn(C(c2ccccc2)(c2ccccc2)c2ccccc2)cn1)(c1ccccc1)c1ccccc1. The summed E-state index contributed by atoms with van der Waals surface area (Å²) in [5, 5.41) is 2.62. The lowest BCUT2D eigenvalue weighted by atomic mass is 9.77. The van der Waals surface area contributed by atoms with Crippen LogP contribution in [0.1, 0.15) is 55.5 Å². The average Bonchev–Trinajstić information content (AvgIpc) is 3.72. The molecule has 0 spiro atoms. The van der Waals surface area contributed by atoms with Crippen molar-refractivity contribution >= 4 is 18.7 Å². The van der Waals surface area contributed by atoms with E-state index in [2.05, 4.69) is 183 Å². The zero-order valence-corrected chi connectivity index (χ0v) is 28.0. The van der Waals surface area contributed by atoms with Crippen LogP contribution in [0.25, 0.3) is 0 Å². The molecule has 0 radical (unpaired) electrons. The molecule has 1 heterocycles. The van der Waals surface area contributed by atoms with Gasteiger partial charge >= 0.3 is 0 Å². The Balaban J connectivity index is 1.23. The zero-order valence-electron chi connectivity index (χ0n) is 27.0. The molecular weight excluding hydrogens is 577 g/mol. The van der Waals surface area contributed by atoms with Gasteiger partial charge in [-0.15, -0.1) is 0 Å². The lowest BCUT2D eigenvalue weighted by Gasteiger charge is -2.43. The molecule has 1 aliphatic rings. The number of nitrogens with zero attached hydrogens (tertiary/aromatic N) is 2. The van der Waals surface area contributed by atoms with Crippen LogP contribution in [0.2, 0.25) is 5.04 Å². The van der Waals surface area contributed by atoms with Crippen molar-refractivity contribution in [1.82, 2.24) is 9.55 Å². The third-order valence-corrected chi connectivity index (χ3v) is 14.8. The van der Waals surface area contributed by atoms with E-state index in [1.807, 2.05) is 6.33 Å². The third kappa shape index (κ3) is 5.26. The monoisotopic (exact) mass is 618 g/mol. The van der Waals surface area contributed by atoms with Crippen LogP contribution in [-0.4, -0.2) is 24.5 Å². The Kier molecular flexibility index (Phi) is 8.10. The van der Waals surface area contributed by atoms with E-state index in [0.29, 0.717) is 11.8 Å². The van der Waals surface area contributed by atoms with Gasteiger partial charge in [0, 0.05) is 18.7 Å². The molecule has 1 fully saturated rings. The predicted octanol–water partition coefficient (Wildman–Crippen LogP) is 8.40. The van der Waals surface area contributed by atoms with Gasteiger partial charge in [0.1, 0.15) is 5.54 Å². The van der Waals surface area contributed by atoms with E-state index in [9.17, 15) is 0 Å². The normalized spacial score (nSPS) is 16.7. The maximum absolute atomic E-state index is 7.33. The minimum atomic E-state index is -2.59. The van der Waals surface area contributed by atoms with E-state index in [-0.39, 0.29) is 5.04 Å². The number of hydrogen-bond donors (Lipinski definition) is 0. The summed E-state index contributed by atoms with van der Waals surface area (Å²) < 4.78 is 9.66. The summed E-state index contributed by atoms with van der Waals surface area (Å²) in [7, 11) is -2.59. The Hall–Kier alpha value is -4.51. The molecule has 0 saturated heterocycles. The first-order valence-electron chi connectivity index (χ1n) is 16.4. The van der Waals surface area contributed by atoms with Crippen molar-refractivity contribution in [1.29, 1.82) is 0 Å². The summed E-state index contributed by atoms with van der Waals surface area (Å²) in [6, 6.07) is 54.4. The highest BCUT2D eigenvalue weighted by Gasteiger charge is 2.52. The molecule has 1 saturated carbocycles. The predicted molar refractivity (Wildman–Crippen MR) is 191 cm³/mol. The molecular formula is C42H42N2OSi. The summed E-state index contributed by atoms with van der Waals surface area (Å²) in [6.45, 7) is 7.77. The molecule has 4 heteroatoms. The lowest BCUT2D eigenvalue weighted by Crippen LogP contribution is -2.66. The first-order valence-corrected chi connectivity index (χ1v) is 18.3. The van der Waals surface area contributed by atoms with Crippen molar-refractivity contribution < 1.29 is 4.43 Å². The first-order chi connectivity index (χ1) is 22.4. The van der Waals surface area contributed by atoms with E-state index in [0.717, 1.165) is 18.7 Å². The molecule has 0 aliphatic heterocycles. The molecule has 0 amide bonds. The molecule has 230 valence electrons. The fourth-order valence-electron chi connectivity index (χ4n) is 7.49. The maximum Gasteiger partial charge on any atom is 0.261 e. The number of imidazole rings is 1. The Labute approximate surface area is 274 Å². The highest BCUT2D eigenvalue weighted by Crippen LogP contribution is 2.49. The number of aromatic nitrogens is 2. The molecule has 3 nitrogen and oxygen atoms in total. The van der Waals surface area contributed by atoms with Crippen molar-refractivity contribution in [3.63, 3.8) is 0 Å². The second kappa shape index (κ2) is 12.4. The van der Waals surface area contributed by atoms with Gasteiger partial charge in [0.2, 0.25) is 0 Å². The van der Waals surface area contributed by atoms with Crippen LogP contribution in [0.5, 0.6) is 0 Å². The second-order valence-corrected chi connectivity index (χ2v) is 17.9. The molecule has 0 bridgehead atoms. The molecule has 1 aliphatic carbocycles. The fourth-order valence-corrected chi connectivity index (χ4v) is 12.1. The zero-order chi connectivity index (χ0) is 31.6. The van der Waals surface area contributed by atoms with Crippen LogP contribution >= 0.6 is 0 Å². The second-order valence-electron chi connectivity index (χ2n) is 13.6. The smallest absolute Gasteiger partial charge is 0.261 e. The van der Waals surface area contributed by atoms with Crippen molar-refractivity contribution in [3.8, 4) is 0 Å². The highest BCUT2D eigenvalue weighted by molar-refractivity contribution is 6.99. The molecule has 46 heavy (non-hydrogen) atoms. The summed E-state index contributed by atoms with van der Waals surface area (Å²) in [6.07, 6.45) is 5.42. The lowest BCUT2D eigenvalue weighted by molar-refractivity contribution is 0.278. The van der Waals surface area contributed by atoms with Crippen molar-refractivity contribution in [2.75, 3.05) is 6.61 Å². The maximum atomic E-state index is 7.33. The van der Waals surface area contributed by atoms with E-state index < -0.39 is 13.9 Å². The molecule has 0 N–H and O–H groups in total. The summed E-state index contributed by atoms with van der Waals surface area (Å²) >= 11 is 0. The fraction of sp³-hybridized carbons (Fsp3) is 0.214. The topological polar surface area (TPSA) is 27.1 Å². The molecule has 1 aromatic heterocycles. The van der Waals surface area contributed by atoms with Gasteiger partial charge in [-0.25, -0.2) is 4.98 Å². The van der Waals surface area contributed by atoms with E-state index >= 15 is 0 Å². The van der Waals surface area contributed by atoms with Gasteiger partial charge in [-0.3, -0.25) is 0 Å². The van der Waals surface area contributed by atoms with Crippen molar-refractivity contribution in [3.05, 3.63) is 187 Å². The van der Waals surface area contributed by atoms with Crippen LogP contribution in [0.15, 0.2) is 164 Å². The van der Waals surface area contributed by atoms with Gasteiger partial charge in [-0.2, -0.15) is 0 Å². The summed E-state index contributed by atoms with van der Waals surface area (Å²) in [4.78, 5) is 5.10. The van der Waals surface area contributed by atoms with Crippen molar-refractivity contribution in [2.24, 2.45) is 5.92 Å². The number of rotatable bonds is 10. The van der Waals surface area contributed by atoms with Crippen LogP contribution in [-0.2, 0) is 9.96 Å². The van der Waals surface area contributed by atoms with E-state index in [1.54, 1.807) is 0 Å². The van der Waals surface area contributed by atoms with Gasteiger partial charge < -0.3 is 8.99 Å². The largest absolute Gasteiger partial charge is 0.407 e.